The standard InChI is InChI=1S/C52H95NO13/c1-3-5-7-9-11-13-15-16-17-18-19-20-21-22-23-24-25-26-28-30-32-34-36-44(57)53-40(41(56)35-33-31-29-27-14-12-10-8-6-4-2)39-63-51-49(62)47(60)50(43(38-55)65-51)66-52-48(61)46(59)45(58)42(37-54)64-52/h6,8,14,27,33,35,40-43,45-52,54-56,58-62H,3-5,7,9-13,15-26,28-32,34,36-39H2,1-2H3,(H,53,57)/b8-6+,27-14+,35-33+. The summed E-state index contributed by atoms with van der Waals surface area (Å²) in [7, 11) is 0. The Morgan fingerprint density at radius 1 is 0.545 bits per heavy atom. The highest BCUT2D eigenvalue weighted by atomic mass is 16.7. The van der Waals surface area contributed by atoms with Crippen LogP contribution in [0.2, 0.25) is 0 Å². The Balaban J connectivity index is 1.76. The molecular formula is C52H95NO13. The number of carbonyl (C=O) groups is 1. The third kappa shape index (κ3) is 25.7. The highest BCUT2D eigenvalue weighted by molar-refractivity contribution is 5.76. The van der Waals surface area contributed by atoms with Crippen molar-refractivity contribution in [3.05, 3.63) is 36.5 Å². The fraction of sp³-hybridized carbons (Fsp3) is 0.865. The average molecular weight is 942 g/mol. The van der Waals surface area contributed by atoms with Gasteiger partial charge in [0.25, 0.3) is 0 Å². The van der Waals surface area contributed by atoms with Gasteiger partial charge in [-0.2, -0.15) is 0 Å². The normalized spacial score (nSPS) is 27.1. The molecule has 2 saturated heterocycles. The van der Waals surface area contributed by atoms with Crippen molar-refractivity contribution in [2.24, 2.45) is 0 Å². The van der Waals surface area contributed by atoms with Gasteiger partial charge >= 0.3 is 0 Å². The first kappa shape index (κ1) is 60.3. The lowest BCUT2D eigenvalue weighted by atomic mass is 9.97. The number of aliphatic hydroxyl groups excluding tert-OH is 8. The molecule has 2 heterocycles. The summed E-state index contributed by atoms with van der Waals surface area (Å²) in [5.41, 5.74) is 0. The van der Waals surface area contributed by atoms with Crippen LogP contribution in [0.25, 0.3) is 0 Å². The predicted octanol–water partition coefficient (Wildman–Crippen LogP) is 7.10. The molecule has 0 bridgehead atoms. The maximum absolute atomic E-state index is 13.2. The van der Waals surface area contributed by atoms with E-state index in [4.69, 9.17) is 18.9 Å². The van der Waals surface area contributed by atoms with Gasteiger partial charge < -0.3 is 65.1 Å². The van der Waals surface area contributed by atoms with E-state index in [1.54, 1.807) is 6.08 Å². The maximum Gasteiger partial charge on any atom is 0.220 e. The van der Waals surface area contributed by atoms with Gasteiger partial charge in [-0.15, -0.1) is 0 Å². The Labute approximate surface area is 398 Å². The van der Waals surface area contributed by atoms with Gasteiger partial charge in [0.1, 0.15) is 48.8 Å². The van der Waals surface area contributed by atoms with Crippen molar-refractivity contribution < 1.29 is 64.6 Å². The molecular weight excluding hydrogens is 847 g/mol. The van der Waals surface area contributed by atoms with E-state index in [1.165, 1.54) is 116 Å². The molecule has 9 N–H and O–H groups in total. The van der Waals surface area contributed by atoms with Crippen LogP contribution in [0, 0.1) is 0 Å². The van der Waals surface area contributed by atoms with E-state index in [-0.39, 0.29) is 18.9 Å². The van der Waals surface area contributed by atoms with Crippen molar-refractivity contribution >= 4 is 5.91 Å². The predicted molar refractivity (Wildman–Crippen MR) is 258 cm³/mol. The molecule has 2 aliphatic rings. The second-order valence-corrected chi connectivity index (χ2v) is 18.6. The van der Waals surface area contributed by atoms with Gasteiger partial charge in [0.15, 0.2) is 12.6 Å². The summed E-state index contributed by atoms with van der Waals surface area (Å²) in [5.74, 6) is -0.254. The van der Waals surface area contributed by atoms with Crippen molar-refractivity contribution in [2.45, 2.75) is 267 Å². The van der Waals surface area contributed by atoms with E-state index in [0.717, 1.165) is 44.9 Å². The van der Waals surface area contributed by atoms with Crippen LogP contribution < -0.4 is 5.32 Å². The number of rotatable bonds is 40. The van der Waals surface area contributed by atoms with E-state index in [0.29, 0.717) is 12.8 Å². The number of nitrogens with one attached hydrogen (secondary N) is 1. The molecule has 0 aromatic rings. The lowest BCUT2D eigenvalue weighted by Gasteiger charge is -2.46. The number of unbranched alkanes of at least 4 members (excludes halogenated alkanes) is 23. The van der Waals surface area contributed by atoms with Crippen LogP contribution in [0.4, 0.5) is 0 Å². The van der Waals surface area contributed by atoms with Gasteiger partial charge in [-0.1, -0.05) is 185 Å². The number of amides is 1. The van der Waals surface area contributed by atoms with Crippen molar-refractivity contribution in [3.63, 3.8) is 0 Å². The van der Waals surface area contributed by atoms with Crippen LogP contribution in [-0.4, -0.2) is 140 Å². The Bertz CT molecular complexity index is 1250. The van der Waals surface area contributed by atoms with Crippen molar-refractivity contribution in [3.8, 4) is 0 Å². The molecule has 0 spiro atoms. The summed E-state index contributed by atoms with van der Waals surface area (Å²) in [6.07, 6.45) is 27.9. The average Bonchev–Trinajstić information content (AvgIpc) is 3.31. The molecule has 0 radical (unpaired) electrons. The molecule has 0 saturated carbocycles. The second kappa shape index (κ2) is 39.0. The minimum atomic E-state index is -1.79. The first-order valence-corrected chi connectivity index (χ1v) is 26.2. The fourth-order valence-corrected chi connectivity index (χ4v) is 8.57. The largest absolute Gasteiger partial charge is 0.394 e. The SMILES string of the molecule is CC/C=C/CC/C=C/CC/C=C/C(O)C(COC1OC(CO)C(OC2OC(CO)C(O)C(O)C2O)C(O)C1O)NC(=O)CCCCCCCCCCCCCCCCCCCCCCCC. The highest BCUT2D eigenvalue weighted by Gasteiger charge is 2.51. The third-order valence-corrected chi connectivity index (χ3v) is 12.8. The van der Waals surface area contributed by atoms with E-state index in [1.807, 2.05) is 6.08 Å². The topological polar surface area (TPSA) is 228 Å². The van der Waals surface area contributed by atoms with Crippen molar-refractivity contribution in [2.75, 3.05) is 19.8 Å². The van der Waals surface area contributed by atoms with Crippen molar-refractivity contribution in [1.29, 1.82) is 0 Å². The summed E-state index contributed by atoms with van der Waals surface area (Å²) < 4.78 is 22.6. The molecule has 2 aliphatic heterocycles. The van der Waals surface area contributed by atoms with Gasteiger partial charge in [-0.3, -0.25) is 4.79 Å². The van der Waals surface area contributed by atoms with Crippen LogP contribution in [0.3, 0.4) is 0 Å². The first-order chi connectivity index (χ1) is 32.1. The minimum absolute atomic E-state index is 0.254. The molecule has 0 aromatic carbocycles. The molecule has 66 heavy (non-hydrogen) atoms. The summed E-state index contributed by atoms with van der Waals surface area (Å²) in [6.45, 7) is 2.64. The van der Waals surface area contributed by atoms with Gasteiger partial charge in [0.05, 0.1) is 32.0 Å². The number of carbonyl (C=O) groups excluding carboxylic acids is 1. The number of allylic oxidation sites excluding steroid dienone is 5. The van der Waals surface area contributed by atoms with E-state index in [2.05, 4.69) is 43.5 Å². The minimum Gasteiger partial charge on any atom is -0.394 e. The lowest BCUT2D eigenvalue weighted by Crippen LogP contribution is -2.65. The molecule has 0 aliphatic carbocycles. The monoisotopic (exact) mass is 942 g/mol. The molecule has 14 nitrogen and oxygen atoms in total. The highest BCUT2D eigenvalue weighted by Crippen LogP contribution is 2.30. The van der Waals surface area contributed by atoms with Crippen molar-refractivity contribution in [1.82, 2.24) is 5.32 Å². The number of ether oxygens (including phenoxy) is 4. The molecule has 386 valence electrons. The Hall–Kier alpha value is -1.79. The van der Waals surface area contributed by atoms with Crippen LogP contribution in [-0.2, 0) is 23.7 Å². The van der Waals surface area contributed by atoms with Gasteiger partial charge in [-0.05, 0) is 38.5 Å². The molecule has 12 atom stereocenters. The first-order valence-electron chi connectivity index (χ1n) is 26.2. The van der Waals surface area contributed by atoms with E-state index in [9.17, 15) is 45.6 Å². The second-order valence-electron chi connectivity index (χ2n) is 18.6. The summed E-state index contributed by atoms with van der Waals surface area (Å²) >= 11 is 0. The molecule has 2 fully saturated rings. The Kier molecular flexibility index (Phi) is 35.6. The third-order valence-electron chi connectivity index (χ3n) is 12.8. The van der Waals surface area contributed by atoms with E-state index >= 15 is 0 Å². The number of aliphatic hydroxyl groups is 8. The summed E-state index contributed by atoms with van der Waals surface area (Å²) in [4.78, 5) is 13.2. The number of hydrogen-bond donors (Lipinski definition) is 9. The van der Waals surface area contributed by atoms with Crippen LogP contribution in [0.5, 0.6) is 0 Å². The fourth-order valence-electron chi connectivity index (χ4n) is 8.57. The molecule has 1 amide bonds. The van der Waals surface area contributed by atoms with Gasteiger partial charge in [0.2, 0.25) is 5.91 Å². The Morgan fingerprint density at radius 3 is 1.47 bits per heavy atom. The molecule has 0 aromatic heterocycles. The van der Waals surface area contributed by atoms with Gasteiger partial charge in [-0.25, -0.2) is 0 Å². The van der Waals surface area contributed by atoms with Crippen LogP contribution in [0.15, 0.2) is 36.5 Å². The smallest absolute Gasteiger partial charge is 0.220 e. The molecule has 12 unspecified atom stereocenters. The van der Waals surface area contributed by atoms with E-state index < -0.39 is 86.8 Å². The lowest BCUT2D eigenvalue weighted by molar-refractivity contribution is -0.359. The number of hydrogen-bond acceptors (Lipinski definition) is 13. The zero-order valence-corrected chi connectivity index (χ0v) is 40.9. The maximum atomic E-state index is 13.2. The summed E-state index contributed by atoms with van der Waals surface area (Å²) in [5, 5.41) is 86.6. The zero-order valence-electron chi connectivity index (χ0n) is 40.9. The Morgan fingerprint density at radius 2 is 0.985 bits per heavy atom. The van der Waals surface area contributed by atoms with Crippen LogP contribution >= 0.6 is 0 Å². The van der Waals surface area contributed by atoms with Gasteiger partial charge in [0, 0.05) is 6.42 Å². The molecule has 14 heteroatoms. The zero-order chi connectivity index (χ0) is 48.2. The van der Waals surface area contributed by atoms with Crippen LogP contribution in [0.1, 0.15) is 194 Å². The molecule has 2 rings (SSSR count). The quantitative estimate of drug-likeness (QED) is 0.0221. The summed E-state index contributed by atoms with van der Waals surface area (Å²) in [6, 6.07) is -0.932.